The number of carbonyl (C=O) groups excluding carboxylic acids is 1. The first kappa shape index (κ1) is 27.1. The highest BCUT2D eigenvalue weighted by Gasteiger charge is 2.55. The van der Waals surface area contributed by atoms with Gasteiger partial charge in [-0.25, -0.2) is 4.68 Å². The molecule has 3 saturated carbocycles. The van der Waals surface area contributed by atoms with E-state index in [1.54, 1.807) is 10.7 Å². The topological polar surface area (TPSA) is 77.2 Å². The largest absolute Gasteiger partial charge is 0.390 e. The van der Waals surface area contributed by atoms with Gasteiger partial charge in [-0.15, -0.1) is 5.10 Å². The van der Waals surface area contributed by atoms with Crippen LogP contribution in [0.25, 0.3) is 11.0 Å². The number of hydrogen-bond acceptors (Lipinski definition) is 5. The lowest BCUT2D eigenvalue weighted by Gasteiger charge is -2.58. The number of ether oxygens (including phenoxy) is 1. The summed E-state index contributed by atoms with van der Waals surface area (Å²) in [5.41, 5.74) is 1.21. The Morgan fingerprint density at radius 3 is 2.84 bits per heavy atom. The molecule has 37 heavy (non-hydrogen) atoms. The summed E-state index contributed by atoms with van der Waals surface area (Å²) in [5, 5.41) is 20.0. The van der Waals surface area contributed by atoms with Gasteiger partial charge in [-0.2, -0.15) is 0 Å². The van der Waals surface area contributed by atoms with Crippen molar-refractivity contribution in [2.45, 2.75) is 97.1 Å². The first-order chi connectivity index (χ1) is 17.7. The maximum Gasteiger partial charge on any atom is 0.157 e. The summed E-state index contributed by atoms with van der Waals surface area (Å²) in [7, 11) is 0. The summed E-state index contributed by atoms with van der Waals surface area (Å²) in [5.74, 6) is 2.49. The summed E-state index contributed by atoms with van der Waals surface area (Å²) in [6.07, 6.45) is 10.7. The SMILES string of the molecule is CCOCC12CC[C@@](C)(O)C[C@@H]1CCC1CCC[C@H](C(=O)Cn3nnc4ccc(Cl)cc43)C(C)CC[C@@H]12. The average Bonchev–Trinajstić information content (AvgIpc) is 3.28. The van der Waals surface area contributed by atoms with Crippen molar-refractivity contribution in [3.63, 3.8) is 0 Å². The van der Waals surface area contributed by atoms with Crippen molar-refractivity contribution in [3.05, 3.63) is 23.2 Å². The molecule has 3 unspecified atom stereocenters. The number of Topliss-reactive ketones (excluding diaryl/α,β-unsaturated/α-hetero) is 1. The van der Waals surface area contributed by atoms with E-state index in [9.17, 15) is 9.90 Å². The van der Waals surface area contributed by atoms with Gasteiger partial charge < -0.3 is 9.84 Å². The smallest absolute Gasteiger partial charge is 0.157 e. The van der Waals surface area contributed by atoms with Gasteiger partial charge in [-0.05, 0) is 112 Å². The van der Waals surface area contributed by atoms with Crippen LogP contribution in [-0.2, 0) is 16.1 Å². The molecule has 3 fully saturated rings. The number of rotatable bonds is 6. The van der Waals surface area contributed by atoms with Crippen LogP contribution in [0.15, 0.2) is 18.2 Å². The minimum atomic E-state index is -0.549. The zero-order chi connectivity index (χ0) is 26.2. The molecule has 1 heterocycles. The van der Waals surface area contributed by atoms with Gasteiger partial charge in [0.05, 0.1) is 17.7 Å². The quantitative estimate of drug-likeness (QED) is 0.464. The van der Waals surface area contributed by atoms with Gasteiger partial charge in [-0.3, -0.25) is 4.79 Å². The molecule has 204 valence electrons. The number of ketones is 1. The molecule has 0 bridgehead atoms. The summed E-state index contributed by atoms with van der Waals surface area (Å²) in [6, 6.07) is 5.50. The van der Waals surface area contributed by atoms with Crippen LogP contribution in [0.3, 0.4) is 0 Å². The van der Waals surface area contributed by atoms with Crippen molar-refractivity contribution in [3.8, 4) is 0 Å². The van der Waals surface area contributed by atoms with E-state index in [4.69, 9.17) is 16.3 Å². The Bertz CT molecular complexity index is 1100. The number of aliphatic hydroxyl groups is 1. The molecule has 3 aliphatic rings. The molecule has 1 N–H and O–H groups in total. The minimum absolute atomic E-state index is 0.0457. The van der Waals surface area contributed by atoms with Crippen LogP contribution < -0.4 is 0 Å². The molecule has 1 aromatic carbocycles. The zero-order valence-corrected chi connectivity index (χ0v) is 23.6. The van der Waals surface area contributed by atoms with Gasteiger partial charge >= 0.3 is 0 Å². The second-order valence-electron chi connectivity index (χ2n) is 12.7. The molecule has 5 rings (SSSR count). The van der Waals surface area contributed by atoms with Crippen LogP contribution >= 0.6 is 11.6 Å². The van der Waals surface area contributed by atoms with Crippen molar-refractivity contribution in [2.24, 2.45) is 35.0 Å². The number of fused-ring (bicyclic) bond motifs is 4. The molecule has 0 aliphatic heterocycles. The van der Waals surface area contributed by atoms with Crippen LogP contribution in [-0.4, -0.2) is 44.7 Å². The van der Waals surface area contributed by atoms with Crippen LogP contribution in [0.4, 0.5) is 0 Å². The standard InChI is InChI=1S/C30H44ClN3O3/c1-4-37-19-30-15-14-29(3,36)17-22(30)10-9-21-6-5-7-24(20(2)8-12-25(21)30)28(35)18-34-27-16-23(31)11-13-26(27)32-33-34/h11,13,16,20-22,24-25,36H,4-10,12,14-15,17-19H2,1-3H3/t20?,21?,22-,24-,25-,29+,30?/m0/s1. The number of halogens is 1. The van der Waals surface area contributed by atoms with E-state index in [1.165, 1.54) is 19.3 Å². The number of carbonyl (C=O) groups is 1. The van der Waals surface area contributed by atoms with E-state index in [1.807, 2.05) is 19.1 Å². The Morgan fingerprint density at radius 1 is 1.19 bits per heavy atom. The predicted octanol–water partition coefficient (Wildman–Crippen LogP) is 6.47. The molecule has 0 amide bonds. The highest BCUT2D eigenvalue weighted by Crippen LogP contribution is 2.60. The summed E-state index contributed by atoms with van der Waals surface area (Å²) >= 11 is 6.20. The van der Waals surface area contributed by atoms with Gasteiger partial charge in [0.15, 0.2) is 5.78 Å². The Hall–Kier alpha value is -1.50. The molecule has 0 radical (unpaired) electrons. The highest BCUT2D eigenvalue weighted by atomic mass is 35.5. The van der Waals surface area contributed by atoms with Gasteiger partial charge in [-0.1, -0.05) is 36.6 Å². The Morgan fingerprint density at radius 2 is 2.03 bits per heavy atom. The Balaban J connectivity index is 1.33. The number of hydrogen-bond donors (Lipinski definition) is 1. The fraction of sp³-hybridized carbons (Fsp3) is 0.767. The van der Waals surface area contributed by atoms with Gasteiger partial charge in [0.1, 0.15) is 12.1 Å². The molecule has 0 saturated heterocycles. The number of benzene rings is 1. The molecular formula is C30H44ClN3O3. The second-order valence-corrected chi connectivity index (χ2v) is 13.1. The lowest BCUT2D eigenvalue weighted by atomic mass is 9.49. The second kappa shape index (κ2) is 10.9. The van der Waals surface area contributed by atoms with Gasteiger partial charge in [0.2, 0.25) is 0 Å². The van der Waals surface area contributed by atoms with E-state index in [-0.39, 0.29) is 23.7 Å². The third kappa shape index (κ3) is 5.49. The van der Waals surface area contributed by atoms with Crippen LogP contribution in [0.2, 0.25) is 5.02 Å². The van der Waals surface area contributed by atoms with Crippen LogP contribution in [0.5, 0.6) is 0 Å². The predicted molar refractivity (Wildman–Crippen MR) is 146 cm³/mol. The number of aromatic nitrogens is 3. The van der Waals surface area contributed by atoms with Crippen LogP contribution in [0, 0.1) is 35.0 Å². The summed E-state index contributed by atoms with van der Waals surface area (Å²) in [6.45, 7) is 8.22. The van der Waals surface area contributed by atoms with E-state index < -0.39 is 5.60 Å². The molecule has 3 aliphatic carbocycles. The average molecular weight is 530 g/mol. The van der Waals surface area contributed by atoms with E-state index in [0.29, 0.717) is 28.7 Å². The molecule has 2 aromatic rings. The summed E-state index contributed by atoms with van der Waals surface area (Å²) < 4.78 is 7.90. The van der Waals surface area contributed by atoms with Crippen molar-refractivity contribution in [1.29, 1.82) is 0 Å². The third-order valence-corrected chi connectivity index (χ3v) is 10.5. The lowest BCUT2D eigenvalue weighted by molar-refractivity contribution is -0.151. The van der Waals surface area contributed by atoms with E-state index in [0.717, 1.165) is 69.2 Å². The normalized spacial score (nSPS) is 36.7. The van der Waals surface area contributed by atoms with E-state index in [2.05, 4.69) is 24.2 Å². The fourth-order valence-corrected chi connectivity index (χ4v) is 8.46. The third-order valence-electron chi connectivity index (χ3n) is 10.3. The Kier molecular flexibility index (Phi) is 8.00. The summed E-state index contributed by atoms with van der Waals surface area (Å²) in [4.78, 5) is 13.6. The molecule has 7 heteroatoms. The molecule has 7 atom stereocenters. The first-order valence-corrected chi connectivity index (χ1v) is 14.9. The van der Waals surface area contributed by atoms with Crippen molar-refractivity contribution in [1.82, 2.24) is 15.0 Å². The van der Waals surface area contributed by atoms with E-state index >= 15 is 0 Å². The zero-order valence-electron chi connectivity index (χ0n) is 22.8. The maximum absolute atomic E-state index is 13.6. The number of nitrogens with zero attached hydrogens (tertiary/aromatic N) is 3. The van der Waals surface area contributed by atoms with Crippen molar-refractivity contribution >= 4 is 28.4 Å². The van der Waals surface area contributed by atoms with Crippen molar-refractivity contribution < 1.29 is 14.6 Å². The highest BCUT2D eigenvalue weighted by molar-refractivity contribution is 6.31. The minimum Gasteiger partial charge on any atom is -0.390 e. The molecule has 6 nitrogen and oxygen atoms in total. The van der Waals surface area contributed by atoms with Gasteiger partial charge in [0, 0.05) is 17.5 Å². The van der Waals surface area contributed by atoms with Gasteiger partial charge in [0.25, 0.3) is 0 Å². The monoisotopic (exact) mass is 529 g/mol. The fourth-order valence-electron chi connectivity index (χ4n) is 8.29. The molecule has 0 spiro atoms. The first-order valence-electron chi connectivity index (χ1n) is 14.5. The molecular weight excluding hydrogens is 486 g/mol. The van der Waals surface area contributed by atoms with Crippen molar-refractivity contribution in [2.75, 3.05) is 13.2 Å². The maximum atomic E-state index is 13.6. The lowest BCUT2D eigenvalue weighted by Crippen LogP contribution is -2.54. The molecule has 1 aromatic heterocycles. The van der Waals surface area contributed by atoms with Crippen LogP contribution in [0.1, 0.15) is 85.0 Å². The Labute approximate surface area is 226 Å².